The molecule has 5 nitrogen and oxygen atoms in total. The number of para-hydroxylation sites is 2. The Morgan fingerprint density at radius 2 is 1.97 bits per heavy atom. The van der Waals surface area contributed by atoms with Gasteiger partial charge in [-0.15, -0.1) is 0 Å². The van der Waals surface area contributed by atoms with Gasteiger partial charge in [0.1, 0.15) is 6.04 Å². The standard InChI is InChI=1S/C20H18Cl2F3N3O2/c1-11(13-7-6-12(21)8-14(13)22)26-10-19(30)28-16-5-3-2-4-15(16)27-18(29)9-17(28)20(23,24)25/h2-8,11,17,26H,9-10H2,1H3,(H,27,29)/t11-,17+/m0/s1. The van der Waals surface area contributed by atoms with E-state index in [2.05, 4.69) is 10.6 Å². The molecule has 0 bridgehead atoms. The van der Waals surface area contributed by atoms with Crippen LogP contribution in [0.1, 0.15) is 24.9 Å². The van der Waals surface area contributed by atoms with Crippen molar-refractivity contribution in [1.29, 1.82) is 0 Å². The topological polar surface area (TPSA) is 61.4 Å². The molecule has 2 N–H and O–H groups in total. The first-order chi connectivity index (χ1) is 14.1. The van der Waals surface area contributed by atoms with E-state index in [1.807, 2.05) is 0 Å². The zero-order valence-corrected chi connectivity index (χ0v) is 17.3. The lowest BCUT2D eigenvalue weighted by Crippen LogP contribution is -2.52. The van der Waals surface area contributed by atoms with E-state index < -0.39 is 43.0 Å². The van der Waals surface area contributed by atoms with Crippen LogP contribution in [0.5, 0.6) is 0 Å². The van der Waals surface area contributed by atoms with Gasteiger partial charge in [-0.2, -0.15) is 13.2 Å². The molecule has 2 atom stereocenters. The Bertz CT molecular complexity index is 969. The number of fused-ring (bicyclic) bond motifs is 1. The van der Waals surface area contributed by atoms with Crippen molar-refractivity contribution in [3.63, 3.8) is 0 Å². The molecule has 0 radical (unpaired) electrons. The van der Waals surface area contributed by atoms with Crippen LogP contribution in [0.2, 0.25) is 10.0 Å². The van der Waals surface area contributed by atoms with Gasteiger partial charge in [0.2, 0.25) is 11.8 Å². The Labute approximate surface area is 181 Å². The highest BCUT2D eigenvalue weighted by molar-refractivity contribution is 6.35. The van der Waals surface area contributed by atoms with Crippen molar-refractivity contribution in [2.24, 2.45) is 0 Å². The van der Waals surface area contributed by atoms with Crippen LogP contribution in [0, 0.1) is 0 Å². The lowest BCUT2D eigenvalue weighted by atomic mass is 10.1. The number of nitrogens with one attached hydrogen (secondary N) is 2. The number of halogens is 5. The van der Waals surface area contributed by atoms with Crippen LogP contribution in [0.3, 0.4) is 0 Å². The van der Waals surface area contributed by atoms with E-state index in [4.69, 9.17) is 23.2 Å². The van der Waals surface area contributed by atoms with Gasteiger partial charge in [-0.25, -0.2) is 0 Å². The van der Waals surface area contributed by atoms with Crippen molar-refractivity contribution in [3.05, 3.63) is 58.1 Å². The molecule has 10 heteroatoms. The van der Waals surface area contributed by atoms with Gasteiger partial charge in [-0.1, -0.05) is 41.4 Å². The fourth-order valence-corrected chi connectivity index (χ4v) is 3.86. The Kier molecular flexibility index (Phi) is 6.59. The molecular weight excluding hydrogens is 442 g/mol. The second kappa shape index (κ2) is 8.83. The molecule has 0 aliphatic carbocycles. The number of nitrogens with zero attached hydrogens (tertiary/aromatic N) is 1. The van der Waals surface area contributed by atoms with E-state index in [9.17, 15) is 22.8 Å². The third-order valence-corrected chi connectivity index (χ3v) is 5.33. The van der Waals surface area contributed by atoms with Gasteiger partial charge < -0.3 is 10.6 Å². The lowest BCUT2D eigenvalue weighted by molar-refractivity contribution is -0.157. The van der Waals surface area contributed by atoms with Gasteiger partial charge in [0, 0.05) is 16.1 Å². The fraction of sp³-hybridized carbons (Fsp3) is 0.300. The summed E-state index contributed by atoms with van der Waals surface area (Å²) in [6.45, 7) is 1.33. The molecule has 0 aromatic heterocycles. The molecule has 160 valence electrons. The number of alkyl halides is 3. The predicted molar refractivity (Wildman–Crippen MR) is 110 cm³/mol. The molecule has 1 aliphatic heterocycles. The van der Waals surface area contributed by atoms with Gasteiger partial charge in [0.15, 0.2) is 0 Å². The third-order valence-electron chi connectivity index (χ3n) is 4.76. The number of rotatable bonds is 4. The smallest absolute Gasteiger partial charge is 0.324 e. The summed E-state index contributed by atoms with van der Waals surface area (Å²) in [5.74, 6) is -1.63. The highest BCUT2D eigenvalue weighted by Gasteiger charge is 2.48. The molecule has 0 spiro atoms. The largest absolute Gasteiger partial charge is 0.409 e. The number of amides is 2. The van der Waals surface area contributed by atoms with Crippen LogP contribution in [-0.4, -0.2) is 30.6 Å². The highest BCUT2D eigenvalue weighted by atomic mass is 35.5. The maximum atomic E-state index is 13.7. The number of carbonyl (C=O) groups is 2. The summed E-state index contributed by atoms with van der Waals surface area (Å²) < 4.78 is 41.2. The summed E-state index contributed by atoms with van der Waals surface area (Å²) in [5.41, 5.74) is 0.792. The molecule has 1 heterocycles. The van der Waals surface area contributed by atoms with E-state index in [-0.39, 0.29) is 11.4 Å². The van der Waals surface area contributed by atoms with Crippen molar-refractivity contribution in [2.75, 3.05) is 16.8 Å². The number of hydrogen-bond donors (Lipinski definition) is 2. The molecular formula is C20H18Cl2F3N3O2. The molecule has 0 saturated carbocycles. The first-order valence-electron chi connectivity index (χ1n) is 9.04. The summed E-state index contributed by atoms with van der Waals surface area (Å²) in [6, 6.07) is 8.05. The quantitative estimate of drug-likeness (QED) is 0.679. The zero-order chi connectivity index (χ0) is 22.1. The van der Waals surface area contributed by atoms with Crippen LogP contribution >= 0.6 is 23.2 Å². The van der Waals surface area contributed by atoms with Crippen molar-refractivity contribution < 1.29 is 22.8 Å². The number of benzene rings is 2. The molecule has 0 saturated heterocycles. The Morgan fingerprint density at radius 1 is 1.27 bits per heavy atom. The van der Waals surface area contributed by atoms with E-state index >= 15 is 0 Å². The van der Waals surface area contributed by atoms with Gasteiger partial charge in [0.05, 0.1) is 24.3 Å². The van der Waals surface area contributed by atoms with E-state index in [0.29, 0.717) is 20.5 Å². The molecule has 0 unspecified atom stereocenters. The maximum absolute atomic E-state index is 13.7. The van der Waals surface area contributed by atoms with Crippen molar-refractivity contribution in [1.82, 2.24) is 5.32 Å². The molecule has 2 aromatic carbocycles. The van der Waals surface area contributed by atoms with E-state index in [1.54, 1.807) is 31.2 Å². The molecule has 2 amide bonds. The fourth-order valence-electron chi connectivity index (χ4n) is 3.28. The Hall–Kier alpha value is -2.29. The van der Waals surface area contributed by atoms with E-state index in [1.165, 1.54) is 18.2 Å². The number of hydrogen-bond acceptors (Lipinski definition) is 3. The van der Waals surface area contributed by atoms with Crippen LogP contribution in [0.4, 0.5) is 24.5 Å². The van der Waals surface area contributed by atoms with Crippen molar-refractivity contribution in [3.8, 4) is 0 Å². The van der Waals surface area contributed by atoms with Crippen LogP contribution < -0.4 is 15.5 Å². The lowest BCUT2D eigenvalue weighted by Gasteiger charge is -2.32. The predicted octanol–water partition coefficient (Wildman–Crippen LogP) is 4.95. The third kappa shape index (κ3) is 4.88. The van der Waals surface area contributed by atoms with Crippen LogP contribution in [-0.2, 0) is 9.59 Å². The zero-order valence-electron chi connectivity index (χ0n) is 15.8. The summed E-state index contributed by atoms with van der Waals surface area (Å²) in [7, 11) is 0. The monoisotopic (exact) mass is 459 g/mol. The second-order valence-corrected chi connectivity index (χ2v) is 7.70. The van der Waals surface area contributed by atoms with Gasteiger partial charge in [-0.3, -0.25) is 14.5 Å². The minimum atomic E-state index is -4.78. The van der Waals surface area contributed by atoms with Gasteiger partial charge in [0.25, 0.3) is 0 Å². The molecule has 3 rings (SSSR count). The van der Waals surface area contributed by atoms with E-state index in [0.717, 1.165) is 0 Å². The van der Waals surface area contributed by atoms with Gasteiger partial charge in [-0.05, 0) is 36.8 Å². The first-order valence-corrected chi connectivity index (χ1v) is 9.79. The summed E-state index contributed by atoms with van der Waals surface area (Å²) in [5, 5.41) is 6.15. The average Bonchev–Trinajstić information content (AvgIpc) is 2.81. The molecule has 30 heavy (non-hydrogen) atoms. The first kappa shape index (κ1) is 22.4. The van der Waals surface area contributed by atoms with Gasteiger partial charge >= 0.3 is 6.18 Å². The second-order valence-electron chi connectivity index (χ2n) is 6.86. The summed E-state index contributed by atoms with van der Waals surface area (Å²) in [4.78, 5) is 25.6. The number of carbonyl (C=O) groups excluding carboxylic acids is 2. The molecule has 0 fully saturated rings. The van der Waals surface area contributed by atoms with Crippen LogP contribution in [0.15, 0.2) is 42.5 Å². The molecule has 2 aromatic rings. The highest BCUT2D eigenvalue weighted by Crippen LogP contribution is 2.37. The minimum Gasteiger partial charge on any atom is -0.324 e. The maximum Gasteiger partial charge on any atom is 0.409 e. The minimum absolute atomic E-state index is 0.00495. The normalized spacial score (nSPS) is 17.7. The van der Waals surface area contributed by atoms with Crippen molar-refractivity contribution >= 4 is 46.4 Å². The summed E-state index contributed by atoms with van der Waals surface area (Å²) >= 11 is 12.0. The average molecular weight is 460 g/mol. The number of anilines is 2. The molecule has 1 aliphatic rings. The Balaban J connectivity index is 1.86. The SMILES string of the molecule is C[C@H](NCC(=O)N1c2ccccc2NC(=O)C[C@@H]1C(F)(F)F)c1ccc(Cl)cc1Cl. The summed E-state index contributed by atoms with van der Waals surface area (Å²) in [6.07, 6.45) is -5.67. The Morgan fingerprint density at radius 3 is 2.63 bits per heavy atom. The van der Waals surface area contributed by atoms with Crippen LogP contribution in [0.25, 0.3) is 0 Å². The van der Waals surface area contributed by atoms with Crippen molar-refractivity contribution in [2.45, 2.75) is 31.6 Å².